The largest absolute Gasteiger partial charge is 0.494 e. The molecule has 0 aromatic heterocycles. The molecular formula is C20H25FN4O2. The van der Waals surface area contributed by atoms with E-state index in [1.54, 1.807) is 37.4 Å². The number of nitrogens with one attached hydrogen (secondary N) is 2. The lowest BCUT2D eigenvalue weighted by atomic mass is 9.97. The molecule has 2 aromatic rings. The molecule has 0 bridgehead atoms. The van der Waals surface area contributed by atoms with Crippen molar-refractivity contribution in [3.63, 3.8) is 0 Å². The summed E-state index contributed by atoms with van der Waals surface area (Å²) in [7, 11) is 3.05. The van der Waals surface area contributed by atoms with Crippen LogP contribution in [0.2, 0.25) is 0 Å². The van der Waals surface area contributed by atoms with Crippen LogP contribution >= 0.6 is 0 Å². The van der Waals surface area contributed by atoms with Gasteiger partial charge in [0.25, 0.3) is 5.91 Å². The molecule has 6 nitrogen and oxygen atoms in total. The first-order chi connectivity index (χ1) is 13.0. The number of halogens is 1. The van der Waals surface area contributed by atoms with Crippen molar-refractivity contribution in [2.45, 2.75) is 13.3 Å². The van der Waals surface area contributed by atoms with Gasteiger partial charge in [-0.1, -0.05) is 37.3 Å². The van der Waals surface area contributed by atoms with Crippen molar-refractivity contribution in [3.05, 3.63) is 53.5 Å². The SMILES string of the molecule is CCCNC(=O)/C(N)=C(\NC)c1cccc(-c2cccc(OC)c2F)c1N. The van der Waals surface area contributed by atoms with E-state index in [-0.39, 0.29) is 11.4 Å². The maximum Gasteiger partial charge on any atom is 0.269 e. The smallest absolute Gasteiger partial charge is 0.269 e. The number of carbonyl (C=O) groups excluding carboxylic acids is 1. The fourth-order valence-electron chi connectivity index (χ4n) is 2.76. The second kappa shape index (κ2) is 8.93. The van der Waals surface area contributed by atoms with E-state index in [0.29, 0.717) is 34.6 Å². The van der Waals surface area contributed by atoms with Gasteiger partial charge in [0.2, 0.25) is 0 Å². The second-order valence-corrected chi connectivity index (χ2v) is 5.88. The number of carbonyl (C=O) groups is 1. The number of hydrogen-bond acceptors (Lipinski definition) is 5. The van der Waals surface area contributed by atoms with Crippen LogP contribution in [0.25, 0.3) is 16.8 Å². The highest BCUT2D eigenvalue weighted by Gasteiger charge is 2.19. The number of benzene rings is 2. The van der Waals surface area contributed by atoms with Gasteiger partial charge >= 0.3 is 0 Å². The number of nitrogen functional groups attached to an aromatic ring is 1. The van der Waals surface area contributed by atoms with Crippen LogP contribution in [0.4, 0.5) is 10.1 Å². The molecule has 2 aromatic carbocycles. The lowest BCUT2D eigenvalue weighted by molar-refractivity contribution is -0.117. The van der Waals surface area contributed by atoms with Crippen LogP contribution in [0.5, 0.6) is 5.75 Å². The predicted molar refractivity (Wildman–Crippen MR) is 106 cm³/mol. The van der Waals surface area contributed by atoms with E-state index in [1.165, 1.54) is 13.2 Å². The van der Waals surface area contributed by atoms with Crippen molar-refractivity contribution in [1.82, 2.24) is 10.6 Å². The standard InChI is InChI=1S/C20H25FN4O2/c1-4-11-25-20(26)18(23)19(24-2)14-9-5-8-13(17(14)22)12-7-6-10-15(27-3)16(12)21/h5-10,24H,4,11,22-23H2,1-3H3,(H,25,26)/b19-18+. The van der Waals surface area contributed by atoms with E-state index in [2.05, 4.69) is 10.6 Å². The summed E-state index contributed by atoms with van der Waals surface area (Å²) in [6.07, 6.45) is 0.792. The molecule has 6 N–H and O–H groups in total. The number of anilines is 1. The van der Waals surface area contributed by atoms with Crippen molar-refractivity contribution in [3.8, 4) is 16.9 Å². The maximum atomic E-state index is 14.7. The number of amides is 1. The third kappa shape index (κ3) is 4.13. The fraction of sp³-hybridized carbons (Fsp3) is 0.250. The molecule has 7 heteroatoms. The monoisotopic (exact) mass is 372 g/mol. The summed E-state index contributed by atoms with van der Waals surface area (Å²) >= 11 is 0. The Kier molecular flexibility index (Phi) is 6.65. The zero-order valence-electron chi connectivity index (χ0n) is 15.7. The summed E-state index contributed by atoms with van der Waals surface area (Å²) < 4.78 is 19.7. The predicted octanol–water partition coefficient (Wildman–Crippen LogP) is 2.46. The normalized spacial score (nSPS) is 11.6. The van der Waals surface area contributed by atoms with Gasteiger partial charge in [-0.3, -0.25) is 4.79 Å². The lowest BCUT2D eigenvalue weighted by Gasteiger charge is -2.17. The Morgan fingerprint density at radius 3 is 2.48 bits per heavy atom. The summed E-state index contributed by atoms with van der Waals surface area (Å²) in [5, 5.41) is 5.65. The molecule has 0 aliphatic rings. The summed E-state index contributed by atoms with van der Waals surface area (Å²) in [6.45, 7) is 2.46. The van der Waals surface area contributed by atoms with Gasteiger partial charge in [-0.25, -0.2) is 4.39 Å². The summed E-state index contributed by atoms with van der Waals surface area (Å²) in [6, 6.07) is 10.0. The third-order valence-corrected chi connectivity index (χ3v) is 4.15. The van der Waals surface area contributed by atoms with Gasteiger partial charge in [0.15, 0.2) is 11.6 Å². The van der Waals surface area contributed by atoms with Crippen LogP contribution in [0, 0.1) is 5.82 Å². The first kappa shape index (κ1) is 20.1. The van der Waals surface area contributed by atoms with E-state index in [4.69, 9.17) is 16.2 Å². The van der Waals surface area contributed by atoms with E-state index in [0.717, 1.165) is 6.42 Å². The van der Waals surface area contributed by atoms with Crippen molar-refractivity contribution in [2.24, 2.45) is 5.73 Å². The summed E-state index contributed by atoms with van der Waals surface area (Å²) in [5.74, 6) is -0.772. The highest BCUT2D eigenvalue weighted by molar-refractivity contribution is 6.02. The van der Waals surface area contributed by atoms with Crippen LogP contribution in [-0.2, 0) is 4.79 Å². The molecule has 0 aliphatic heterocycles. The Labute approximate surface area is 158 Å². The summed E-state index contributed by atoms with van der Waals surface area (Å²) in [5.41, 5.74) is 14.4. The van der Waals surface area contributed by atoms with Crippen LogP contribution in [0.3, 0.4) is 0 Å². The highest BCUT2D eigenvalue weighted by Crippen LogP contribution is 2.35. The summed E-state index contributed by atoms with van der Waals surface area (Å²) in [4.78, 5) is 12.2. The third-order valence-electron chi connectivity index (χ3n) is 4.15. The van der Waals surface area contributed by atoms with E-state index < -0.39 is 11.7 Å². The van der Waals surface area contributed by atoms with Crippen LogP contribution < -0.4 is 26.8 Å². The molecule has 0 saturated heterocycles. The Hall–Kier alpha value is -3.22. The lowest BCUT2D eigenvalue weighted by Crippen LogP contribution is -2.32. The molecule has 0 unspecified atom stereocenters. The number of ether oxygens (including phenoxy) is 1. The fourth-order valence-corrected chi connectivity index (χ4v) is 2.76. The van der Waals surface area contributed by atoms with Crippen molar-refractivity contribution in [1.29, 1.82) is 0 Å². The first-order valence-corrected chi connectivity index (χ1v) is 8.63. The number of para-hydroxylation sites is 1. The molecule has 0 aliphatic carbocycles. The molecule has 0 spiro atoms. The molecule has 0 atom stereocenters. The Morgan fingerprint density at radius 2 is 1.85 bits per heavy atom. The van der Waals surface area contributed by atoms with Gasteiger partial charge in [0, 0.05) is 36.0 Å². The highest BCUT2D eigenvalue weighted by atomic mass is 19.1. The number of rotatable bonds is 7. The van der Waals surface area contributed by atoms with Crippen molar-refractivity contribution in [2.75, 3.05) is 26.4 Å². The average molecular weight is 372 g/mol. The van der Waals surface area contributed by atoms with Gasteiger partial charge in [-0.15, -0.1) is 0 Å². The Morgan fingerprint density at radius 1 is 1.19 bits per heavy atom. The zero-order chi connectivity index (χ0) is 20.0. The van der Waals surface area contributed by atoms with E-state index in [9.17, 15) is 9.18 Å². The number of hydrogen-bond donors (Lipinski definition) is 4. The van der Waals surface area contributed by atoms with Gasteiger partial charge in [-0.2, -0.15) is 0 Å². The average Bonchev–Trinajstić information content (AvgIpc) is 2.68. The molecular weight excluding hydrogens is 347 g/mol. The minimum atomic E-state index is -0.507. The quantitative estimate of drug-likeness (QED) is 0.442. The molecule has 0 saturated carbocycles. The van der Waals surface area contributed by atoms with Gasteiger partial charge < -0.3 is 26.8 Å². The van der Waals surface area contributed by atoms with Gasteiger partial charge in [0.1, 0.15) is 5.70 Å². The van der Waals surface area contributed by atoms with Crippen LogP contribution in [0.15, 0.2) is 42.1 Å². The molecule has 0 heterocycles. The van der Waals surface area contributed by atoms with Crippen LogP contribution in [-0.4, -0.2) is 26.6 Å². The first-order valence-electron chi connectivity index (χ1n) is 8.63. The zero-order valence-corrected chi connectivity index (χ0v) is 15.7. The molecule has 27 heavy (non-hydrogen) atoms. The van der Waals surface area contributed by atoms with Crippen molar-refractivity contribution >= 4 is 17.3 Å². The Balaban J connectivity index is 2.58. The van der Waals surface area contributed by atoms with E-state index >= 15 is 0 Å². The minimum Gasteiger partial charge on any atom is -0.494 e. The molecule has 1 amide bonds. The molecule has 0 radical (unpaired) electrons. The van der Waals surface area contributed by atoms with Crippen LogP contribution in [0.1, 0.15) is 18.9 Å². The topological polar surface area (TPSA) is 102 Å². The van der Waals surface area contributed by atoms with E-state index in [1.807, 2.05) is 6.92 Å². The molecule has 2 rings (SSSR count). The van der Waals surface area contributed by atoms with Gasteiger partial charge in [0.05, 0.1) is 12.8 Å². The van der Waals surface area contributed by atoms with Crippen molar-refractivity contribution < 1.29 is 13.9 Å². The molecule has 0 fully saturated rings. The maximum absolute atomic E-state index is 14.7. The molecule has 144 valence electrons. The second-order valence-electron chi connectivity index (χ2n) is 5.88. The Bertz CT molecular complexity index is 865. The minimum absolute atomic E-state index is 0.0147. The van der Waals surface area contributed by atoms with Gasteiger partial charge in [-0.05, 0) is 12.5 Å². The number of nitrogens with two attached hydrogens (primary N) is 2. The number of methoxy groups -OCH3 is 1.